The number of hydrogen-bond acceptors (Lipinski definition) is 5. The van der Waals surface area contributed by atoms with Crippen LogP contribution in [0.1, 0.15) is 56.4 Å². The molecule has 0 unspecified atom stereocenters. The predicted molar refractivity (Wildman–Crippen MR) is 110 cm³/mol. The van der Waals surface area contributed by atoms with E-state index in [1.165, 1.54) is 36.6 Å². The van der Waals surface area contributed by atoms with E-state index in [9.17, 15) is 4.79 Å². The Labute approximate surface area is 165 Å². The van der Waals surface area contributed by atoms with Gasteiger partial charge >= 0.3 is 0 Å². The Bertz CT molecular complexity index is 872. The standard InChI is InChI=1S/C22H26N4O2/c1-3-28-19-11-9-17(10-12-19)20-14-23-15-21(25-20)22(27)26-24-13-18-8-6-4-5-7-16(18)2/h9-15H,3-8H2,1-2H3,(H,26,27)/b24-13+. The first-order valence-electron chi connectivity index (χ1n) is 9.74. The van der Waals surface area contributed by atoms with Gasteiger partial charge < -0.3 is 4.74 Å². The van der Waals surface area contributed by atoms with Gasteiger partial charge in [-0.25, -0.2) is 10.4 Å². The molecule has 6 heteroatoms. The third kappa shape index (κ3) is 5.25. The van der Waals surface area contributed by atoms with E-state index >= 15 is 0 Å². The van der Waals surface area contributed by atoms with Gasteiger partial charge in [-0.3, -0.25) is 9.78 Å². The number of nitrogens with zero attached hydrogens (tertiary/aromatic N) is 3. The summed E-state index contributed by atoms with van der Waals surface area (Å²) >= 11 is 0. The van der Waals surface area contributed by atoms with Gasteiger partial charge in [0.2, 0.25) is 0 Å². The van der Waals surface area contributed by atoms with Gasteiger partial charge in [0, 0.05) is 5.56 Å². The van der Waals surface area contributed by atoms with Crippen molar-refractivity contribution in [3.05, 3.63) is 53.5 Å². The Balaban J connectivity index is 1.67. The molecular formula is C22H26N4O2. The molecule has 1 aliphatic carbocycles. The van der Waals surface area contributed by atoms with Crippen LogP contribution in [0.4, 0.5) is 0 Å². The Hall–Kier alpha value is -3.02. The number of benzene rings is 1. The molecule has 3 rings (SSSR count). The average Bonchev–Trinajstić information content (AvgIpc) is 2.93. The summed E-state index contributed by atoms with van der Waals surface area (Å²) in [5.41, 5.74) is 6.86. The van der Waals surface area contributed by atoms with Gasteiger partial charge in [0.1, 0.15) is 11.4 Å². The van der Waals surface area contributed by atoms with E-state index in [0.29, 0.717) is 12.3 Å². The quantitative estimate of drug-likeness (QED) is 0.591. The highest BCUT2D eigenvalue weighted by Crippen LogP contribution is 2.22. The van der Waals surface area contributed by atoms with Gasteiger partial charge in [0.05, 0.1) is 30.9 Å². The molecule has 6 nitrogen and oxygen atoms in total. The molecule has 0 radical (unpaired) electrons. The van der Waals surface area contributed by atoms with Crippen molar-refractivity contribution < 1.29 is 9.53 Å². The summed E-state index contributed by atoms with van der Waals surface area (Å²) in [4.78, 5) is 21.0. The number of ether oxygens (including phenoxy) is 1. The van der Waals surface area contributed by atoms with Crippen LogP contribution in [0.5, 0.6) is 5.75 Å². The van der Waals surface area contributed by atoms with Crippen LogP contribution in [0, 0.1) is 0 Å². The Morgan fingerprint density at radius 3 is 2.75 bits per heavy atom. The summed E-state index contributed by atoms with van der Waals surface area (Å²) in [5, 5.41) is 4.13. The van der Waals surface area contributed by atoms with Crippen LogP contribution in [-0.4, -0.2) is 28.7 Å². The minimum Gasteiger partial charge on any atom is -0.494 e. The number of amides is 1. The zero-order valence-electron chi connectivity index (χ0n) is 16.4. The molecular weight excluding hydrogens is 352 g/mol. The smallest absolute Gasteiger partial charge is 0.291 e. The van der Waals surface area contributed by atoms with Gasteiger partial charge in [-0.15, -0.1) is 0 Å². The lowest BCUT2D eigenvalue weighted by atomic mass is 10.1. The molecule has 1 aromatic carbocycles. The molecule has 0 bridgehead atoms. The van der Waals surface area contributed by atoms with Crippen molar-refractivity contribution in [2.75, 3.05) is 6.61 Å². The van der Waals surface area contributed by atoms with Crippen LogP contribution in [0.3, 0.4) is 0 Å². The van der Waals surface area contributed by atoms with E-state index in [4.69, 9.17) is 4.74 Å². The van der Waals surface area contributed by atoms with Gasteiger partial charge in [-0.2, -0.15) is 5.10 Å². The Morgan fingerprint density at radius 2 is 1.96 bits per heavy atom. The molecule has 28 heavy (non-hydrogen) atoms. The summed E-state index contributed by atoms with van der Waals surface area (Å²) in [7, 11) is 0. The van der Waals surface area contributed by atoms with E-state index in [1.54, 1.807) is 12.4 Å². The molecule has 0 atom stereocenters. The molecule has 1 heterocycles. The summed E-state index contributed by atoms with van der Waals surface area (Å²) in [6, 6.07) is 7.55. The van der Waals surface area contributed by atoms with Crippen LogP contribution in [0.25, 0.3) is 11.3 Å². The first kappa shape index (κ1) is 19.7. The second-order valence-electron chi connectivity index (χ2n) is 6.81. The molecule has 0 fully saturated rings. The lowest BCUT2D eigenvalue weighted by Gasteiger charge is -2.06. The van der Waals surface area contributed by atoms with Crippen molar-refractivity contribution in [1.82, 2.24) is 15.4 Å². The average molecular weight is 378 g/mol. The van der Waals surface area contributed by atoms with Gasteiger partial charge in [-0.1, -0.05) is 12.0 Å². The van der Waals surface area contributed by atoms with Crippen molar-refractivity contribution in [3.8, 4) is 17.0 Å². The second kappa shape index (κ2) is 9.78. The maximum Gasteiger partial charge on any atom is 0.291 e. The first-order chi connectivity index (χ1) is 13.7. The Morgan fingerprint density at radius 1 is 1.18 bits per heavy atom. The number of nitrogens with one attached hydrogen (secondary N) is 1. The minimum atomic E-state index is -0.372. The minimum absolute atomic E-state index is 0.232. The molecule has 0 spiro atoms. The van der Waals surface area contributed by atoms with Crippen LogP contribution >= 0.6 is 0 Å². The van der Waals surface area contributed by atoms with Gasteiger partial charge in [0.15, 0.2) is 0 Å². The number of aromatic nitrogens is 2. The molecule has 1 N–H and O–H groups in total. The first-order valence-corrected chi connectivity index (χ1v) is 9.74. The van der Waals surface area contributed by atoms with Crippen molar-refractivity contribution in [1.29, 1.82) is 0 Å². The molecule has 0 saturated heterocycles. The summed E-state index contributed by atoms with van der Waals surface area (Å²) in [6.45, 7) is 4.70. The van der Waals surface area contributed by atoms with E-state index in [2.05, 4.69) is 27.4 Å². The largest absolute Gasteiger partial charge is 0.494 e. The van der Waals surface area contributed by atoms with Crippen molar-refractivity contribution in [2.24, 2.45) is 5.10 Å². The fourth-order valence-corrected chi connectivity index (χ4v) is 3.16. The molecule has 2 aromatic rings. The zero-order valence-corrected chi connectivity index (χ0v) is 16.4. The van der Waals surface area contributed by atoms with E-state index in [1.807, 2.05) is 31.2 Å². The highest BCUT2D eigenvalue weighted by molar-refractivity contribution is 5.93. The number of hydrazone groups is 1. The fourth-order valence-electron chi connectivity index (χ4n) is 3.16. The van der Waals surface area contributed by atoms with Gasteiger partial charge in [0.25, 0.3) is 5.91 Å². The molecule has 1 aromatic heterocycles. The normalized spacial score (nSPS) is 14.8. The number of allylic oxidation sites excluding steroid dienone is 2. The topological polar surface area (TPSA) is 76.5 Å². The van der Waals surface area contributed by atoms with E-state index in [0.717, 1.165) is 24.2 Å². The predicted octanol–water partition coefficient (Wildman–Crippen LogP) is 4.54. The van der Waals surface area contributed by atoms with Crippen LogP contribution < -0.4 is 10.2 Å². The van der Waals surface area contributed by atoms with Crippen molar-refractivity contribution >= 4 is 12.1 Å². The SMILES string of the molecule is CCOc1ccc(-c2cncc(C(=O)N/N=C/C3=C(C)CCCCC3)n2)cc1. The van der Waals surface area contributed by atoms with Crippen LogP contribution in [0.2, 0.25) is 0 Å². The number of rotatable bonds is 6. The molecule has 0 aliphatic heterocycles. The summed E-state index contributed by atoms with van der Waals surface area (Å²) < 4.78 is 5.45. The highest BCUT2D eigenvalue weighted by atomic mass is 16.5. The lowest BCUT2D eigenvalue weighted by Crippen LogP contribution is -2.19. The molecule has 146 valence electrons. The third-order valence-corrected chi connectivity index (χ3v) is 4.76. The Kier molecular flexibility index (Phi) is 6.89. The number of hydrogen-bond donors (Lipinski definition) is 1. The molecule has 1 aliphatic rings. The second-order valence-corrected chi connectivity index (χ2v) is 6.81. The maximum absolute atomic E-state index is 12.4. The van der Waals surface area contributed by atoms with Crippen molar-refractivity contribution in [2.45, 2.75) is 46.0 Å². The monoisotopic (exact) mass is 378 g/mol. The summed E-state index contributed by atoms with van der Waals surface area (Å²) in [6.07, 6.45) is 10.6. The molecule has 1 amide bonds. The number of carbonyl (C=O) groups is 1. The van der Waals surface area contributed by atoms with E-state index in [-0.39, 0.29) is 11.6 Å². The zero-order chi connectivity index (χ0) is 19.8. The van der Waals surface area contributed by atoms with Crippen molar-refractivity contribution in [3.63, 3.8) is 0 Å². The molecule has 0 saturated carbocycles. The number of carbonyl (C=O) groups excluding carboxylic acids is 1. The lowest BCUT2D eigenvalue weighted by molar-refractivity contribution is 0.0950. The van der Waals surface area contributed by atoms with Crippen LogP contribution in [-0.2, 0) is 0 Å². The maximum atomic E-state index is 12.4. The van der Waals surface area contributed by atoms with Gasteiger partial charge in [-0.05, 0) is 69.4 Å². The third-order valence-electron chi connectivity index (χ3n) is 4.76. The highest BCUT2D eigenvalue weighted by Gasteiger charge is 2.10. The van der Waals surface area contributed by atoms with E-state index < -0.39 is 0 Å². The van der Waals surface area contributed by atoms with Crippen LogP contribution in [0.15, 0.2) is 52.9 Å². The summed E-state index contributed by atoms with van der Waals surface area (Å²) in [5.74, 6) is 0.425. The fraction of sp³-hybridized carbons (Fsp3) is 0.364.